The third-order valence-electron chi connectivity index (χ3n) is 8.65. The zero-order valence-electron chi connectivity index (χ0n) is 14.7. The first-order valence-electron chi connectivity index (χ1n) is 9.38. The molecule has 0 heteroatoms. The van der Waals surface area contributed by atoms with Crippen LogP contribution in [0.15, 0.2) is 0 Å². The molecule has 3 fully saturated rings. The van der Waals surface area contributed by atoms with Gasteiger partial charge in [-0.05, 0) is 59.2 Å². The van der Waals surface area contributed by atoms with Gasteiger partial charge in [0.25, 0.3) is 0 Å². The van der Waals surface area contributed by atoms with Crippen molar-refractivity contribution in [2.75, 3.05) is 0 Å². The largest absolute Gasteiger partial charge is 0.0620 e. The summed E-state index contributed by atoms with van der Waals surface area (Å²) in [4.78, 5) is 0. The lowest BCUT2D eigenvalue weighted by atomic mass is 9.64. The van der Waals surface area contributed by atoms with Crippen LogP contribution in [0.1, 0.15) is 73.6 Å². The molecule has 0 nitrogen and oxygen atoms in total. The van der Waals surface area contributed by atoms with Crippen molar-refractivity contribution < 1.29 is 0 Å². The normalized spacial score (nSPS) is 56.4. The van der Waals surface area contributed by atoms with Gasteiger partial charge >= 0.3 is 0 Å². The van der Waals surface area contributed by atoms with Crippen LogP contribution in [0.5, 0.6) is 0 Å². The molecule has 116 valence electrons. The lowest BCUT2D eigenvalue weighted by Crippen LogP contribution is -2.34. The maximum Gasteiger partial charge on any atom is -0.0261 e. The van der Waals surface area contributed by atoms with Crippen molar-refractivity contribution >= 4 is 0 Å². The Morgan fingerprint density at radius 1 is 0.800 bits per heavy atom. The number of fused-ring (bicyclic) bond motifs is 1. The maximum absolute atomic E-state index is 2.68. The molecular weight excluding hydrogens is 240 g/mol. The average Bonchev–Trinajstić information content (AvgIpc) is 3.03. The summed E-state index contributed by atoms with van der Waals surface area (Å²) in [6.45, 7) is 15.5. The van der Waals surface area contributed by atoms with Crippen molar-refractivity contribution in [2.24, 2.45) is 52.8 Å². The zero-order chi connectivity index (χ0) is 14.7. The molecule has 20 heavy (non-hydrogen) atoms. The number of hydrogen-bond donors (Lipinski definition) is 0. The lowest BCUT2D eigenvalue weighted by Gasteiger charge is -2.41. The van der Waals surface area contributed by atoms with Crippen molar-refractivity contribution in [3.63, 3.8) is 0 Å². The van der Waals surface area contributed by atoms with Crippen LogP contribution in [-0.2, 0) is 0 Å². The van der Waals surface area contributed by atoms with E-state index in [1.807, 2.05) is 0 Å². The van der Waals surface area contributed by atoms with Gasteiger partial charge in [-0.2, -0.15) is 0 Å². The van der Waals surface area contributed by atoms with Crippen LogP contribution in [0.3, 0.4) is 0 Å². The third kappa shape index (κ3) is 1.92. The fraction of sp³-hybridized carbons (Fsp3) is 1.00. The first-order valence-corrected chi connectivity index (χ1v) is 9.38. The summed E-state index contributed by atoms with van der Waals surface area (Å²) >= 11 is 0. The van der Waals surface area contributed by atoms with Gasteiger partial charge in [0.05, 0.1) is 0 Å². The molecule has 0 N–H and O–H groups in total. The van der Waals surface area contributed by atoms with Gasteiger partial charge in [-0.1, -0.05) is 67.2 Å². The molecule has 8 atom stereocenters. The molecule has 0 heterocycles. The summed E-state index contributed by atoms with van der Waals surface area (Å²) in [5.74, 6) is 7.73. The highest BCUT2D eigenvalue weighted by Gasteiger charge is 2.61. The minimum absolute atomic E-state index is 0.623. The summed E-state index contributed by atoms with van der Waals surface area (Å²) in [5.41, 5.74) is 0.623. The van der Waals surface area contributed by atoms with E-state index in [0.29, 0.717) is 5.41 Å². The molecule has 8 unspecified atom stereocenters. The predicted octanol–water partition coefficient (Wildman–Crippen LogP) is 6.01. The third-order valence-corrected chi connectivity index (χ3v) is 8.65. The van der Waals surface area contributed by atoms with E-state index in [9.17, 15) is 0 Å². The molecule has 0 saturated heterocycles. The Morgan fingerprint density at radius 3 is 2.00 bits per heavy atom. The standard InChI is InChI=1S/C20H36/c1-12-13(2)18-15(4)16(5)20(6,19(18)14(12)3)11-17-9-7-8-10-17/h12-19H,7-11H2,1-6H3. The Morgan fingerprint density at radius 2 is 1.40 bits per heavy atom. The van der Waals surface area contributed by atoms with Crippen LogP contribution in [0.25, 0.3) is 0 Å². The quantitative estimate of drug-likeness (QED) is 0.579. The van der Waals surface area contributed by atoms with Crippen molar-refractivity contribution in [1.82, 2.24) is 0 Å². The van der Waals surface area contributed by atoms with E-state index in [1.165, 1.54) is 32.1 Å². The van der Waals surface area contributed by atoms with Crippen LogP contribution in [-0.4, -0.2) is 0 Å². The Labute approximate surface area is 127 Å². The van der Waals surface area contributed by atoms with Crippen LogP contribution in [0.4, 0.5) is 0 Å². The molecule has 0 aliphatic heterocycles. The highest BCUT2D eigenvalue weighted by atomic mass is 14.7. The van der Waals surface area contributed by atoms with Crippen LogP contribution < -0.4 is 0 Å². The van der Waals surface area contributed by atoms with E-state index in [0.717, 1.165) is 47.3 Å². The van der Waals surface area contributed by atoms with Gasteiger partial charge in [0.15, 0.2) is 0 Å². The number of rotatable bonds is 2. The lowest BCUT2D eigenvalue weighted by molar-refractivity contribution is 0.0787. The topological polar surface area (TPSA) is 0 Å². The van der Waals surface area contributed by atoms with E-state index in [-0.39, 0.29) is 0 Å². The fourth-order valence-corrected chi connectivity index (χ4v) is 7.08. The smallest absolute Gasteiger partial charge is 0.0261 e. The zero-order valence-corrected chi connectivity index (χ0v) is 14.7. The van der Waals surface area contributed by atoms with Crippen molar-refractivity contribution in [3.8, 4) is 0 Å². The van der Waals surface area contributed by atoms with E-state index in [1.54, 1.807) is 0 Å². The van der Waals surface area contributed by atoms with Crippen LogP contribution >= 0.6 is 0 Å². The molecular formula is C20H36. The summed E-state index contributed by atoms with van der Waals surface area (Å²) in [6, 6.07) is 0. The number of hydrogen-bond acceptors (Lipinski definition) is 0. The van der Waals surface area contributed by atoms with Gasteiger partial charge in [0, 0.05) is 0 Å². The molecule has 0 aromatic rings. The van der Waals surface area contributed by atoms with Gasteiger partial charge in [-0.15, -0.1) is 0 Å². The van der Waals surface area contributed by atoms with E-state index < -0.39 is 0 Å². The first-order chi connectivity index (χ1) is 9.38. The minimum Gasteiger partial charge on any atom is -0.0620 e. The highest BCUT2D eigenvalue weighted by molar-refractivity contribution is 5.09. The van der Waals surface area contributed by atoms with E-state index in [2.05, 4.69) is 41.5 Å². The Bertz CT molecular complexity index is 353. The molecule has 3 rings (SSSR count). The maximum atomic E-state index is 2.68. The minimum atomic E-state index is 0.623. The molecule has 3 aliphatic carbocycles. The van der Waals surface area contributed by atoms with E-state index >= 15 is 0 Å². The molecule has 3 saturated carbocycles. The van der Waals surface area contributed by atoms with Gasteiger partial charge in [-0.25, -0.2) is 0 Å². The van der Waals surface area contributed by atoms with Crippen LogP contribution in [0.2, 0.25) is 0 Å². The molecule has 3 aliphatic rings. The second-order valence-corrected chi connectivity index (χ2v) is 9.19. The van der Waals surface area contributed by atoms with Crippen LogP contribution in [0, 0.1) is 52.8 Å². The summed E-state index contributed by atoms with van der Waals surface area (Å²) in [7, 11) is 0. The van der Waals surface area contributed by atoms with Crippen molar-refractivity contribution in [3.05, 3.63) is 0 Å². The summed E-state index contributed by atoms with van der Waals surface area (Å²) < 4.78 is 0. The van der Waals surface area contributed by atoms with Gasteiger partial charge in [0.2, 0.25) is 0 Å². The molecule has 0 aromatic heterocycles. The monoisotopic (exact) mass is 276 g/mol. The van der Waals surface area contributed by atoms with Gasteiger partial charge in [0.1, 0.15) is 0 Å². The predicted molar refractivity (Wildman–Crippen MR) is 87.5 cm³/mol. The highest BCUT2D eigenvalue weighted by Crippen LogP contribution is 2.67. The van der Waals surface area contributed by atoms with Gasteiger partial charge < -0.3 is 0 Å². The van der Waals surface area contributed by atoms with Gasteiger partial charge in [-0.3, -0.25) is 0 Å². The second-order valence-electron chi connectivity index (χ2n) is 9.19. The molecule has 0 bridgehead atoms. The molecule has 0 amide bonds. The Hall–Kier alpha value is 0. The second kappa shape index (κ2) is 5.03. The summed E-state index contributed by atoms with van der Waals surface area (Å²) in [6.07, 6.45) is 7.58. The van der Waals surface area contributed by atoms with Crippen molar-refractivity contribution in [1.29, 1.82) is 0 Å². The van der Waals surface area contributed by atoms with Crippen molar-refractivity contribution in [2.45, 2.75) is 73.6 Å². The molecule has 0 aromatic carbocycles. The summed E-state index contributed by atoms with van der Waals surface area (Å²) in [5, 5.41) is 0. The Kier molecular flexibility index (Phi) is 3.75. The molecule has 0 radical (unpaired) electrons. The fourth-order valence-electron chi connectivity index (χ4n) is 7.08. The average molecular weight is 277 g/mol. The molecule has 0 spiro atoms. The SMILES string of the molecule is CC1C(C)C2C(C)C(C)C(C)(CC3CCCC3)C2C1C. The van der Waals surface area contributed by atoms with E-state index in [4.69, 9.17) is 0 Å². The first kappa shape index (κ1) is 14.9. The Balaban J connectivity index is 1.88.